The Balaban J connectivity index is 2.39. The number of ether oxygens (including phenoxy) is 1. The van der Waals surface area contributed by atoms with Crippen molar-refractivity contribution in [2.24, 2.45) is 5.73 Å². The van der Waals surface area contributed by atoms with E-state index in [1.807, 2.05) is 5.92 Å². The number of aliphatic hydroxyl groups is 1. The number of nitrogens with one attached hydrogen (secondary N) is 1. The van der Waals surface area contributed by atoms with Crippen LogP contribution in [0.3, 0.4) is 0 Å². The Labute approximate surface area is 192 Å². The predicted molar refractivity (Wildman–Crippen MR) is 106 cm³/mol. The first-order valence-electron chi connectivity index (χ1n) is 8.83. The molecule has 1 fully saturated rings. The summed E-state index contributed by atoms with van der Waals surface area (Å²) in [5.41, 5.74) is 0.852. The number of aliphatic hydroxyl groups excluding tert-OH is 1. The van der Waals surface area contributed by atoms with Gasteiger partial charge in [-0.05, 0) is 6.92 Å². The number of hydrogen-bond acceptors (Lipinski definition) is 11. The molecule has 0 aromatic carbocycles. The quantitative estimate of drug-likeness (QED) is 0.136. The number of hydrogen-bond donors (Lipinski definition) is 7. The Bertz CT molecular complexity index is 1290. The second kappa shape index (κ2) is 10.4. The van der Waals surface area contributed by atoms with Crippen molar-refractivity contribution in [1.29, 1.82) is 0 Å². The zero-order chi connectivity index (χ0) is 27.0. The summed E-state index contributed by atoms with van der Waals surface area (Å²) in [6.45, 7) is -0.386. The van der Waals surface area contributed by atoms with E-state index in [2.05, 4.69) is 19.1 Å². The van der Waals surface area contributed by atoms with E-state index in [1.54, 1.807) is 4.98 Å². The molecule has 17 nitrogen and oxygen atoms in total. The number of nitrogens with two attached hydrogens (primary N) is 1. The van der Waals surface area contributed by atoms with Crippen molar-refractivity contribution in [1.82, 2.24) is 9.55 Å². The lowest BCUT2D eigenvalue weighted by Crippen LogP contribution is -2.56. The normalized spacial score (nSPS) is 29.0. The summed E-state index contributed by atoms with van der Waals surface area (Å²) in [6, 6.07) is 0. The molecule has 35 heavy (non-hydrogen) atoms. The van der Waals surface area contributed by atoms with Crippen LogP contribution in [-0.4, -0.2) is 64.8 Å². The molecule has 1 aromatic heterocycles. The highest BCUT2D eigenvalue weighted by molar-refractivity contribution is 7.66. The second-order valence-corrected chi connectivity index (χ2v) is 11.2. The lowest BCUT2D eigenvalue weighted by Gasteiger charge is -2.28. The molecule has 0 aliphatic carbocycles. The smallest absolute Gasteiger partial charge is 0.387 e. The van der Waals surface area contributed by atoms with Crippen LogP contribution in [0, 0.1) is 17.7 Å². The van der Waals surface area contributed by atoms with E-state index in [9.17, 15) is 47.0 Å². The summed E-state index contributed by atoms with van der Waals surface area (Å²) in [5, 5.41) is 10.7. The molecule has 0 bridgehead atoms. The van der Waals surface area contributed by atoms with Gasteiger partial charge in [-0.3, -0.25) is 18.9 Å². The first-order valence-corrected chi connectivity index (χ1v) is 13.4. The Hall–Kier alpha value is -1.61. The maximum atomic E-state index is 13.8. The number of H-pyrrole nitrogens is 1. The maximum absolute atomic E-state index is 13.8. The van der Waals surface area contributed by atoms with Crippen molar-refractivity contribution in [3.63, 3.8) is 0 Å². The second-order valence-electron chi connectivity index (χ2n) is 6.81. The minimum atomic E-state index is -5.87. The van der Waals surface area contributed by atoms with E-state index in [0.29, 0.717) is 10.8 Å². The van der Waals surface area contributed by atoms with Gasteiger partial charge in [-0.15, -0.1) is 0 Å². The van der Waals surface area contributed by atoms with E-state index < -0.39 is 77.3 Å². The van der Waals surface area contributed by atoms with Gasteiger partial charge in [0.15, 0.2) is 11.8 Å². The standard InChI is InChI=1S/C13H18F2N3O14P3/c1-6(30-34(25,26)32-35(27,28)31-33(22,23)24)8-9(19)13(16,3-2-4-14)11(29-8)18-5-7(15)10(20)17-12(18)21/h5-6,8-9,11,19H,4,16H2,1H3,(H,25,26)(H,27,28)(H,17,20,21)(H2,22,23,24)/t6-,8-,9+,11-,13?/m1/s1. The predicted octanol–water partition coefficient (Wildman–Crippen LogP) is -1.66. The Kier molecular flexibility index (Phi) is 8.80. The van der Waals surface area contributed by atoms with Crippen molar-refractivity contribution in [3.05, 3.63) is 32.9 Å². The van der Waals surface area contributed by atoms with E-state index >= 15 is 0 Å². The maximum Gasteiger partial charge on any atom is 0.490 e. The van der Waals surface area contributed by atoms with Gasteiger partial charge in [-0.1, -0.05) is 11.8 Å². The van der Waals surface area contributed by atoms with Gasteiger partial charge < -0.3 is 35.2 Å². The number of phosphoric acid groups is 3. The third-order valence-corrected chi connectivity index (χ3v) is 8.15. The number of aromatic amines is 1. The van der Waals surface area contributed by atoms with Crippen LogP contribution < -0.4 is 17.0 Å². The topological polar surface area (TPSA) is 270 Å². The Morgan fingerprint density at radius 3 is 2.40 bits per heavy atom. The summed E-state index contributed by atoms with van der Waals surface area (Å²) in [6.07, 6.45) is -7.40. The van der Waals surface area contributed by atoms with Crippen LogP contribution in [0.5, 0.6) is 0 Å². The van der Waals surface area contributed by atoms with Gasteiger partial charge in [-0.2, -0.15) is 13.0 Å². The Morgan fingerprint density at radius 2 is 1.86 bits per heavy atom. The van der Waals surface area contributed by atoms with Crippen molar-refractivity contribution < 1.29 is 65.0 Å². The summed E-state index contributed by atoms with van der Waals surface area (Å²) in [7, 11) is -17.2. The highest BCUT2D eigenvalue weighted by atomic mass is 31.3. The van der Waals surface area contributed by atoms with Crippen LogP contribution in [0.1, 0.15) is 13.2 Å². The van der Waals surface area contributed by atoms with Gasteiger partial charge in [-0.25, -0.2) is 22.9 Å². The highest BCUT2D eigenvalue weighted by Crippen LogP contribution is 2.66. The van der Waals surface area contributed by atoms with Gasteiger partial charge in [0.2, 0.25) is 5.82 Å². The first kappa shape index (κ1) is 29.6. The number of alkyl halides is 1. The lowest BCUT2D eigenvalue weighted by molar-refractivity contribution is -0.0757. The van der Waals surface area contributed by atoms with Crippen molar-refractivity contribution in [3.8, 4) is 11.8 Å². The van der Waals surface area contributed by atoms with E-state index in [-0.39, 0.29) is 0 Å². The molecule has 198 valence electrons. The van der Waals surface area contributed by atoms with E-state index in [4.69, 9.17) is 20.3 Å². The van der Waals surface area contributed by atoms with Gasteiger partial charge in [0.25, 0.3) is 5.56 Å². The molecule has 3 unspecified atom stereocenters. The molecular formula is C13H18F2N3O14P3. The Morgan fingerprint density at radius 1 is 1.26 bits per heavy atom. The molecule has 1 aliphatic rings. The monoisotopic (exact) mass is 571 g/mol. The third-order valence-electron chi connectivity index (χ3n) is 4.22. The molecule has 1 aliphatic heterocycles. The van der Waals surface area contributed by atoms with E-state index in [0.717, 1.165) is 6.92 Å². The average molecular weight is 571 g/mol. The highest BCUT2D eigenvalue weighted by Gasteiger charge is 2.57. The van der Waals surface area contributed by atoms with Crippen LogP contribution in [0.4, 0.5) is 8.78 Å². The lowest BCUT2D eigenvalue weighted by atomic mass is 9.90. The van der Waals surface area contributed by atoms with Crippen molar-refractivity contribution >= 4 is 23.5 Å². The number of aromatic nitrogens is 2. The summed E-state index contributed by atoms with van der Waals surface area (Å²) < 4.78 is 78.0. The van der Waals surface area contributed by atoms with Crippen LogP contribution in [-0.2, 0) is 31.6 Å². The SMILES string of the molecule is C[C@@H](OP(=O)(O)OP(=O)(O)OP(=O)(O)O)[C@H]1O[C@@H](n2cc(F)c(=O)[nH]c2=O)C(N)(C#CCF)[C@H]1O. The van der Waals surface area contributed by atoms with Gasteiger partial charge in [0.1, 0.15) is 18.9 Å². The minimum absolute atomic E-state index is 0.340. The van der Waals surface area contributed by atoms with Gasteiger partial charge in [0, 0.05) is 0 Å². The van der Waals surface area contributed by atoms with Crippen molar-refractivity contribution in [2.75, 3.05) is 6.67 Å². The number of phosphoric ester groups is 1. The fourth-order valence-corrected chi connectivity index (χ4v) is 6.14. The molecule has 7 atom stereocenters. The molecule has 2 rings (SSSR count). The molecule has 1 aromatic rings. The molecule has 1 saturated heterocycles. The molecule has 0 amide bonds. The molecule has 8 N–H and O–H groups in total. The number of halogens is 2. The zero-order valence-corrected chi connectivity index (χ0v) is 19.8. The van der Waals surface area contributed by atoms with Crippen LogP contribution in [0.25, 0.3) is 0 Å². The number of nitrogens with zero attached hydrogens (tertiary/aromatic N) is 1. The minimum Gasteiger partial charge on any atom is -0.387 e. The molecule has 2 heterocycles. The van der Waals surface area contributed by atoms with Crippen LogP contribution in [0.2, 0.25) is 0 Å². The fraction of sp³-hybridized carbons (Fsp3) is 0.538. The zero-order valence-electron chi connectivity index (χ0n) is 17.1. The summed E-state index contributed by atoms with van der Waals surface area (Å²) >= 11 is 0. The molecule has 0 spiro atoms. The largest absolute Gasteiger partial charge is 0.490 e. The number of rotatable bonds is 8. The van der Waals surface area contributed by atoms with Gasteiger partial charge in [0.05, 0.1) is 12.3 Å². The fourth-order valence-electron chi connectivity index (χ4n) is 2.94. The van der Waals surface area contributed by atoms with E-state index in [1.165, 1.54) is 0 Å². The molecule has 22 heteroatoms. The summed E-state index contributed by atoms with van der Waals surface area (Å²) in [4.78, 5) is 61.0. The third kappa shape index (κ3) is 7.21. The average Bonchev–Trinajstić information content (AvgIpc) is 2.91. The molecule has 0 radical (unpaired) electrons. The summed E-state index contributed by atoms with van der Waals surface area (Å²) in [5.74, 6) is 2.45. The van der Waals surface area contributed by atoms with Crippen LogP contribution >= 0.6 is 23.5 Å². The molecular weight excluding hydrogens is 553 g/mol. The van der Waals surface area contributed by atoms with Gasteiger partial charge >= 0.3 is 29.2 Å². The van der Waals surface area contributed by atoms with Crippen molar-refractivity contribution in [2.45, 2.75) is 37.0 Å². The molecule has 0 saturated carbocycles. The first-order chi connectivity index (χ1) is 15.8. The van der Waals surface area contributed by atoms with Crippen LogP contribution in [0.15, 0.2) is 15.8 Å².